The molecule has 0 aliphatic heterocycles. The summed E-state index contributed by atoms with van der Waals surface area (Å²) in [6.07, 6.45) is 1.13. The van der Waals surface area contributed by atoms with Gasteiger partial charge in [0.2, 0.25) is 11.6 Å². The quantitative estimate of drug-likeness (QED) is 0.496. The first-order valence-corrected chi connectivity index (χ1v) is 5.50. The van der Waals surface area contributed by atoms with E-state index in [0.717, 1.165) is 6.33 Å². The monoisotopic (exact) mass is 278 g/mol. The van der Waals surface area contributed by atoms with Crippen LogP contribution in [0.3, 0.4) is 0 Å². The number of anilines is 3. The van der Waals surface area contributed by atoms with E-state index in [9.17, 15) is 14.5 Å². The van der Waals surface area contributed by atoms with Crippen molar-refractivity contribution in [3.8, 4) is 0 Å². The lowest BCUT2D eigenvalue weighted by molar-refractivity contribution is -0.383. The maximum absolute atomic E-state index is 13.2. The molecular formula is C11H11FN6O2. The summed E-state index contributed by atoms with van der Waals surface area (Å²) in [5.74, 6) is 4.62. The number of aromatic nitrogens is 2. The molecule has 0 aliphatic carbocycles. The Morgan fingerprint density at radius 3 is 2.80 bits per heavy atom. The van der Waals surface area contributed by atoms with Gasteiger partial charge < -0.3 is 10.3 Å². The first kappa shape index (κ1) is 13.6. The van der Waals surface area contributed by atoms with Crippen LogP contribution in [0.5, 0.6) is 0 Å². The minimum absolute atomic E-state index is 0.00329. The third-order valence-electron chi connectivity index (χ3n) is 2.64. The molecule has 8 nitrogen and oxygen atoms in total. The zero-order valence-electron chi connectivity index (χ0n) is 10.4. The molecule has 0 unspecified atom stereocenters. The maximum atomic E-state index is 13.2. The predicted molar refractivity (Wildman–Crippen MR) is 71.0 cm³/mol. The van der Waals surface area contributed by atoms with E-state index >= 15 is 0 Å². The highest BCUT2D eigenvalue weighted by molar-refractivity contribution is 5.74. The fourth-order valence-corrected chi connectivity index (χ4v) is 1.70. The lowest BCUT2D eigenvalue weighted by atomic mass is 10.3. The van der Waals surface area contributed by atoms with E-state index in [2.05, 4.69) is 15.4 Å². The molecule has 9 heteroatoms. The van der Waals surface area contributed by atoms with Gasteiger partial charge in [-0.25, -0.2) is 20.2 Å². The smallest absolute Gasteiger partial charge is 0.323 e. The van der Waals surface area contributed by atoms with E-state index in [1.54, 1.807) is 6.07 Å². The van der Waals surface area contributed by atoms with Crippen LogP contribution in [0, 0.1) is 15.9 Å². The number of benzene rings is 1. The predicted octanol–water partition coefficient (Wildman–Crippen LogP) is 1.58. The topological polar surface area (TPSA) is 110 Å². The number of nitrogen functional groups attached to an aromatic ring is 1. The van der Waals surface area contributed by atoms with Gasteiger partial charge in [0, 0.05) is 12.7 Å². The van der Waals surface area contributed by atoms with Gasteiger partial charge in [-0.15, -0.1) is 0 Å². The Bertz CT molecular complexity index is 651. The van der Waals surface area contributed by atoms with Crippen LogP contribution >= 0.6 is 0 Å². The summed E-state index contributed by atoms with van der Waals surface area (Å²) < 4.78 is 13.2. The van der Waals surface area contributed by atoms with Crippen molar-refractivity contribution in [2.75, 3.05) is 17.4 Å². The van der Waals surface area contributed by atoms with Crippen LogP contribution in [0.15, 0.2) is 30.6 Å². The Balaban J connectivity index is 2.54. The highest BCUT2D eigenvalue weighted by atomic mass is 19.1. The largest absolute Gasteiger partial charge is 0.355 e. The van der Waals surface area contributed by atoms with E-state index < -0.39 is 10.7 Å². The van der Waals surface area contributed by atoms with Gasteiger partial charge in [-0.3, -0.25) is 10.1 Å². The standard InChI is InChI=1S/C11H11FN6O2/c1-17(8-4-2-3-7(12)5-8)11-9(18(19)20)10(16-13)14-6-15-11/h2-6H,13H2,1H3,(H,14,15,16). The van der Waals surface area contributed by atoms with E-state index in [4.69, 9.17) is 5.84 Å². The third-order valence-corrected chi connectivity index (χ3v) is 2.64. The number of nitrogens with one attached hydrogen (secondary N) is 1. The molecule has 0 atom stereocenters. The zero-order chi connectivity index (χ0) is 14.7. The first-order valence-electron chi connectivity index (χ1n) is 5.50. The summed E-state index contributed by atoms with van der Waals surface area (Å²) in [5, 5.41) is 11.1. The van der Waals surface area contributed by atoms with Crippen molar-refractivity contribution < 1.29 is 9.31 Å². The van der Waals surface area contributed by atoms with Crippen LogP contribution in [0.4, 0.5) is 27.4 Å². The molecule has 1 aromatic carbocycles. The van der Waals surface area contributed by atoms with Crippen molar-refractivity contribution in [2.24, 2.45) is 5.84 Å². The average Bonchev–Trinajstić information content (AvgIpc) is 2.45. The van der Waals surface area contributed by atoms with Gasteiger partial charge >= 0.3 is 5.69 Å². The number of hydrogen-bond acceptors (Lipinski definition) is 7. The Morgan fingerprint density at radius 2 is 2.20 bits per heavy atom. The zero-order valence-corrected chi connectivity index (χ0v) is 10.4. The number of hydrazine groups is 1. The van der Waals surface area contributed by atoms with Crippen LogP contribution in [0.25, 0.3) is 0 Å². The highest BCUT2D eigenvalue weighted by Crippen LogP contribution is 2.34. The van der Waals surface area contributed by atoms with E-state index in [1.807, 2.05) is 0 Å². The molecule has 0 bridgehead atoms. The van der Waals surface area contributed by atoms with Gasteiger partial charge in [0.15, 0.2) is 0 Å². The Labute approximate surface area is 113 Å². The number of nitrogens with two attached hydrogens (primary N) is 1. The van der Waals surface area contributed by atoms with Crippen LogP contribution in [-0.2, 0) is 0 Å². The van der Waals surface area contributed by atoms with Crippen LogP contribution < -0.4 is 16.2 Å². The molecule has 0 fully saturated rings. The molecule has 0 radical (unpaired) electrons. The normalized spacial score (nSPS) is 10.2. The van der Waals surface area contributed by atoms with E-state index in [-0.39, 0.29) is 17.3 Å². The van der Waals surface area contributed by atoms with E-state index in [1.165, 1.54) is 30.1 Å². The lowest BCUT2D eigenvalue weighted by Crippen LogP contribution is -2.17. The number of halogens is 1. The van der Waals surface area contributed by atoms with Crippen molar-refractivity contribution in [1.82, 2.24) is 9.97 Å². The third kappa shape index (κ3) is 2.47. The summed E-state index contributed by atoms with van der Waals surface area (Å²) >= 11 is 0. The van der Waals surface area contributed by atoms with Gasteiger partial charge in [0.1, 0.15) is 12.1 Å². The summed E-state index contributed by atoms with van der Waals surface area (Å²) in [7, 11) is 1.53. The van der Waals surface area contributed by atoms with Crippen LogP contribution in [0.1, 0.15) is 0 Å². The summed E-state index contributed by atoms with van der Waals surface area (Å²) in [4.78, 5) is 19.4. The number of nitrogens with zero attached hydrogens (tertiary/aromatic N) is 4. The Kier molecular flexibility index (Phi) is 3.71. The minimum atomic E-state index is -0.652. The number of rotatable bonds is 4. The second-order valence-corrected chi connectivity index (χ2v) is 3.83. The molecule has 20 heavy (non-hydrogen) atoms. The fraction of sp³-hybridized carbons (Fsp3) is 0.0909. The van der Waals surface area contributed by atoms with Crippen LogP contribution in [0.2, 0.25) is 0 Å². The fourth-order valence-electron chi connectivity index (χ4n) is 1.70. The summed E-state index contributed by atoms with van der Waals surface area (Å²) in [5.41, 5.74) is 2.17. The second-order valence-electron chi connectivity index (χ2n) is 3.83. The van der Waals surface area contributed by atoms with Gasteiger partial charge in [0.25, 0.3) is 0 Å². The summed E-state index contributed by atoms with van der Waals surface area (Å²) in [6, 6.07) is 5.61. The first-order chi connectivity index (χ1) is 9.54. The molecule has 2 rings (SSSR count). The molecule has 2 aromatic rings. The highest BCUT2D eigenvalue weighted by Gasteiger charge is 2.25. The van der Waals surface area contributed by atoms with Gasteiger partial charge in [0.05, 0.1) is 4.92 Å². The van der Waals surface area contributed by atoms with Gasteiger partial charge in [-0.05, 0) is 18.2 Å². The molecule has 0 saturated heterocycles. The Morgan fingerprint density at radius 1 is 1.45 bits per heavy atom. The van der Waals surface area contributed by atoms with Crippen molar-refractivity contribution in [3.05, 3.63) is 46.5 Å². The molecule has 0 aliphatic rings. The molecule has 0 saturated carbocycles. The molecular weight excluding hydrogens is 267 g/mol. The number of nitro groups is 1. The molecule has 3 N–H and O–H groups in total. The van der Waals surface area contributed by atoms with Crippen molar-refractivity contribution in [3.63, 3.8) is 0 Å². The molecule has 0 spiro atoms. The van der Waals surface area contributed by atoms with Crippen molar-refractivity contribution in [2.45, 2.75) is 0 Å². The molecule has 1 heterocycles. The average molecular weight is 278 g/mol. The maximum Gasteiger partial charge on any atom is 0.355 e. The van der Waals surface area contributed by atoms with Crippen LogP contribution in [-0.4, -0.2) is 21.9 Å². The van der Waals surface area contributed by atoms with Crippen molar-refractivity contribution in [1.29, 1.82) is 0 Å². The minimum Gasteiger partial charge on any atom is -0.323 e. The molecule has 1 aromatic heterocycles. The second kappa shape index (κ2) is 5.45. The number of hydrogen-bond donors (Lipinski definition) is 2. The summed E-state index contributed by atoms with van der Waals surface area (Å²) in [6.45, 7) is 0. The van der Waals surface area contributed by atoms with Crippen molar-refractivity contribution >= 4 is 23.0 Å². The van der Waals surface area contributed by atoms with Gasteiger partial charge in [-0.1, -0.05) is 6.07 Å². The molecule has 0 amide bonds. The lowest BCUT2D eigenvalue weighted by Gasteiger charge is -2.18. The van der Waals surface area contributed by atoms with E-state index in [0.29, 0.717) is 5.69 Å². The SMILES string of the molecule is CN(c1cccc(F)c1)c1ncnc(NN)c1[N+](=O)[O-]. The molecule has 104 valence electrons. The Hall–Kier alpha value is -2.81. The van der Waals surface area contributed by atoms with Gasteiger partial charge in [-0.2, -0.15) is 0 Å².